The van der Waals surface area contributed by atoms with E-state index in [1.807, 2.05) is 32.0 Å². The van der Waals surface area contributed by atoms with Crippen LogP contribution in [0.25, 0.3) is 0 Å². The average molecular weight is 396 g/mol. The number of ether oxygens (including phenoxy) is 1. The molecule has 2 rings (SSSR count). The first-order chi connectivity index (χ1) is 12.9. The monoisotopic (exact) mass is 395 g/mol. The number of hydrogen-bond donors (Lipinski definition) is 1. The van der Waals surface area contributed by atoms with E-state index < -0.39 is 6.04 Å². The molecule has 1 heterocycles. The molecule has 7 heteroatoms. The SMILES string of the molecule is CC[C@H](C)[C@H](NC(=O)CN1CCN(Cc2cccc(Cl)c2)CC1)C(=O)OC. The van der Waals surface area contributed by atoms with E-state index >= 15 is 0 Å². The Bertz CT molecular complexity index is 633. The van der Waals surface area contributed by atoms with E-state index in [0.717, 1.165) is 44.2 Å². The van der Waals surface area contributed by atoms with Crippen LogP contribution in [-0.4, -0.2) is 67.6 Å². The molecule has 1 aliphatic heterocycles. The molecule has 1 fully saturated rings. The Labute approximate surface area is 166 Å². The quantitative estimate of drug-likeness (QED) is 0.683. The van der Waals surface area contributed by atoms with Gasteiger partial charge in [-0.05, 0) is 23.6 Å². The molecule has 0 unspecified atom stereocenters. The van der Waals surface area contributed by atoms with Crippen molar-refractivity contribution in [1.29, 1.82) is 0 Å². The molecule has 1 aromatic carbocycles. The Balaban J connectivity index is 1.78. The molecule has 2 atom stereocenters. The number of carbonyl (C=O) groups is 2. The maximum atomic E-state index is 12.4. The first kappa shape index (κ1) is 21.7. The zero-order chi connectivity index (χ0) is 19.8. The van der Waals surface area contributed by atoms with E-state index in [0.29, 0.717) is 6.54 Å². The third-order valence-corrected chi connectivity index (χ3v) is 5.35. The molecule has 1 aliphatic rings. The van der Waals surface area contributed by atoms with Crippen molar-refractivity contribution in [2.45, 2.75) is 32.9 Å². The highest BCUT2D eigenvalue weighted by Crippen LogP contribution is 2.14. The summed E-state index contributed by atoms with van der Waals surface area (Å²) < 4.78 is 4.82. The van der Waals surface area contributed by atoms with Gasteiger partial charge in [-0.15, -0.1) is 0 Å². The Kier molecular flexibility index (Phi) is 8.54. The number of rotatable bonds is 8. The van der Waals surface area contributed by atoms with Gasteiger partial charge in [0.2, 0.25) is 5.91 Å². The van der Waals surface area contributed by atoms with Crippen molar-refractivity contribution in [2.24, 2.45) is 5.92 Å². The van der Waals surface area contributed by atoms with Crippen LogP contribution in [0.1, 0.15) is 25.8 Å². The van der Waals surface area contributed by atoms with Crippen molar-refractivity contribution >= 4 is 23.5 Å². The van der Waals surface area contributed by atoms with Gasteiger partial charge in [0.15, 0.2) is 0 Å². The van der Waals surface area contributed by atoms with Crippen molar-refractivity contribution in [3.05, 3.63) is 34.9 Å². The highest BCUT2D eigenvalue weighted by atomic mass is 35.5. The normalized spacial score (nSPS) is 17.9. The van der Waals surface area contributed by atoms with Crippen molar-refractivity contribution in [1.82, 2.24) is 15.1 Å². The second-order valence-corrected chi connectivity index (χ2v) is 7.57. The van der Waals surface area contributed by atoms with Crippen molar-refractivity contribution < 1.29 is 14.3 Å². The van der Waals surface area contributed by atoms with Gasteiger partial charge in [0.25, 0.3) is 0 Å². The lowest BCUT2D eigenvalue weighted by atomic mass is 9.99. The maximum absolute atomic E-state index is 12.4. The van der Waals surface area contributed by atoms with Gasteiger partial charge in [0, 0.05) is 37.7 Å². The molecule has 0 bridgehead atoms. The van der Waals surface area contributed by atoms with Crippen LogP contribution in [0, 0.1) is 5.92 Å². The molecule has 0 aromatic heterocycles. The lowest BCUT2D eigenvalue weighted by molar-refractivity contribution is -0.146. The topological polar surface area (TPSA) is 61.9 Å². The van der Waals surface area contributed by atoms with Gasteiger partial charge >= 0.3 is 5.97 Å². The summed E-state index contributed by atoms with van der Waals surface area (Å²) in [7, 11) is 1.35. The summed E-state index contributed by atoms with van der Waals surface area (Å²) in [5, 5.41) is 3.59. The smallest absolute Gasteiger partial charge is 0.328 e. The van der Waals surface area contributed by atoms with Crippen LogP contribution >= 0.6 is 11.6 Å². The highest BCUT2D eigenvalue weighted by Gasteiger charge is 2.27. The number of piperazine rings is 1. The fraction of sp³-hybridized carbons (Fsp3) is 0.600. The van der Waals surface area contributed by atoms with Crippen LogP contribution < -0.4 is 5.32 Å². The summed E-state index contributed by atoms with van der Waals surface area (Å²) in [6.45, 7) is 8.52. The third kappa shape index (κ3) is 6.79. The van der Waals surface area contributed by atoms with Gasteiger partial charge in [-0.3, -0.25) is 14.6 Å². The summed E-state index contributed by atoms with van der Waals surface area (Å²) in [6, 6.07) is 7.32. The van der Waals surface area contributed by atoms with Crippen molar-refractivity contribution in [2.75, 3.05) is 39.8 Å². The Hall–Kier alpha value is -1.63. The van der Waals surface area contributed by atoms with Crippen LogP contribution in [0.3, 0.4) is 0 Å². The minimum atomic E-state index is -0.586. The van der Waals surface area contributed by atoms with Gasteiger partial charge in [-0.1, -0.05) is 44.0 Å². The van der Waals surface area contributed by atoms with Gasteiger partial charge in [-0.25, -0.2) is 4.79 Å². The number of hydrogen-bond acceptors (Lipinski definition) is 5. The fourth-order valence-corrected chi connectivity index (χ4v) is 3.43. The molecule has 1 amide bonds. The van der Waals surface area contributed by atoms with Crippen molar-refractivity contribution in [3.63, 3.8) is 0 Å². The predicted molar refractivity (Wildman–Crippen MR) is 107 cm³/mol. The van der Waals surface area contributed by atoms with E-state index in [-0.39, 0.29) is 17.8 Å². The van der Waals surface area contributed by atoms with E-state index in [1.165, 1.54) is 12.7 Å². The Morgan fingerprint density at radius 1 is 1.22 bits per heavy atom. The van der Waals surface area contributed by atoms with Crippen LogP contribution in [0.5, 0.6) is 0 Å². The first-order valence-electron chi connectivity index (χ1n) is 9.49. The molecule has 0 saturated carbocycles. The summed E-state index contributed by atoms with van der Waals surface area (Å²) in [5.41, 5.74) is 1.20. The van der Waals surface area contributed by atoms with Gasteiger partial charge in [0.05, 0.1) is 13.7 Å². The molecule has 1 N–H and O–H groups in total. The third-order valence-electron chi connectivity index (χ3n) is 5.11. The molecule has 6 nitrogen and oxygen atoms in total. The number of methoxy groups -OCH3 is 1. The summed E-state index contributed by atoms with van der Waals surface area (Å²) in [4.78, 5) is 28.8. The molecule has 0 spiro atoms. The lowest BCUT2D eigenvalue weighted by Gasteiger charge is -2.34. The summed E-state index contributed by atoms with van der Waals surface area (Å²) in [6.07, 6.45) is 0.794. The molecule has 0 radical (unpaired) electrons. The molecule has 150 valence electrons. The minimum Gasteiger partial charge on any atom is -0.467 e. The summed E-state index contributed by atoms with van der Waals surface area (Å²) in [5.74, 6) is -0.478. The van der Waals surface area contributed by atoms with Crippen LogP contribution in [0.15, 0.2) is 24.3 Å². The second kappa shape index (κ2) is 10.6. The van der Waals surface area contributed by atoms with Crippen LogP contribution in [0.4, 0.5) is 0 Å². The minimum absolute atomic E-state index is 0.0379. The first-order valence-corrected chi connectivity index (χ1v) is 9.87. The molecule has 1 saturated heterocycles. The molecular formula is C20H30ClN3O3. The zero-order valence-electron chi connectivity index (χ0n) is 16.4. The van der Waals surface area contributed by atoms with Gasteiger partial charge < -0.3 is 10.1 Å². The molecular weight excluding hydrogens is 366 g/mol. The van der Waals surface area contributed by atoms with Gasteiger partial charge in [0.1, 0.15) is 6.04 Å². The lowest BCUT2D eigenvalue weighted by Crippen LogP contribution is -2.52. The van der Waals surface area contributed by atoms with E-state index in [9.17, 15) is 9.59 Å². The van der Waals surface area contributed by atoms with Crippen LogP contribution in [-0.2, 0) is 20.9 Å². The number of benzene rings is 1. The Morgan fingerprint density at radius 2 is 1.89 bits per heavy atom. The number of amides is 1. The zero-order valence-corrected chi connectivity index (χ0v) is 17.2. The fourth-order valence-electron chi connectivity index (χ4n) is 3.22. The highest BCUT2D eigenvalue weighted by molar-refractivity contribution is 6.30. The van der Waals surface area contributed by atoms with E-state index in [1.54, 1.807) is 0 Å². The number of carbonyl (C=O) groups excluding carboxylic acids is 2. The number of esters is 1. The average Bonchev–Trinajstić information content (AvgIpc) is 2.66. The molecule has 0 aliphatic carbocycles. The largest absolute Gasteiger partial charge is 0.467 e. The Morgan fingerprint density at radius 3 is 2.48 bits per heavy atom. The van der Waals surface area contributed by atoms with Gasteiger partial charge in [-0.2, -0.15) is 0 Å². The maximum Gasteiger partial charge on any atom is 0.328 e. The van der Waals surface area contributed by atoms with E-state index in [2.05, 4.69) is 21.2 Å². The van der Waals surface area contributed by atoms with E-state index in [4.69, 9.17) is 16.3 Å². The standard InChI is InChI=1S/C20H30ClN3O3/c1-4-15(2)19(20(26)27-3)22-18(25)14-24-10-8-23(9-11-24)13-16-6-5-7-17(21)12-16/h5-7,12,15,19H,4,8-11,13-14H2,1-3H3,(H,22,25)/t15-,19-/m0/s1. The van der Waals surface area contributed by atoms with Crippen LogP contribution in [0.2, 0.25) is 5.02 Å². The second-order valence-electron chi connectivity index (χ2n) is 7.14. The molecule has 27 heavy (non-hydrogen) atoms. The molecule has 1 aromatic rings. The summed E-state index contributed by atoms with van der Waals surface area (Å²) >= 11 is 6.05. The number of nitrogens with one attached hydrogen (secondary N) is 1. The predicted octanol–water partition coefficient (Wildman–Crippen LogP) is 2.16. The van der Waals surface area contributed by atoms with Crippen molar-refractivity contribution in [3.8, 4) is 0 Å². The number of nitrogens with zero attached hydrogens (tertiary/aromatic N) is 2. The number of halogens is 1.